The van der Waals surface area contributed by atoms with Crippen LogP contribution in [0.1, 0.15) is 29.7 Å². The minimum absolute atomic E-state index is 0.0384. The number of nitrogens with two attached hydrogens (primary N) is 1. The Kier molecular flexibility index (Phi) is 2.47. The molecule has 0 radical (unpaired) electrons. The van der Waals surface area contributed by atoms with Crippen LogP contribution in [0.2, 0.25) is 0 Å². The molecule has 0 aliphatic carbocycles. The molecule has 1 atom stereocenters. The largest absolute Gasteiger partial charge is 0.324 e. The Labute approximate surface area is 72.6 Å². The van der Waals surface area contributed by atoms with Gasteiger partial charge in [0.1, 0.15) is 0 Å². The summed E-state index contributed by atoms with van der Waals surface area (Å²) < 4.78 is 0. The first-order valence-corrected chi connectivity index (χ1v) is 3.91. The first kappa shape index (κ1) is 8.76. The van der Waals surface area contributed by atoms with E-state index in [0.717, 1.165) is 16.7 Å². The van der Waals surface area contributed by atoms with Crippen molar-refractivity contribution in [2.45, 2.75) is 19.9 Å². The molecule has 0 saturated carbocycles. The van der Waals surface area contributed by atoms with Crippen molar-refractivity contribution in [3.8, 4) is 6.07 Å². The number of hydrogen-bond acceptors (Lipinski definition) is 2. The third-order valence-corrected chi connectivity index (χ3v) is 1.90. The van der Waals surface area contributed by atoms with Crippen molar-refractivity contribution in [2.24, 2.45) is 5.73 Å². The summed E-state index contributed by atoms with van der Waals surface area (Å²) in [6.45, 7) is 3.85. The van der Waals surface area contributed by atoms with Crippen LogP contribution < -0.4 is 5.73 Å². The summed E-state index contributed by atoms with van der Waals surface area (Å²) in [5.41, 5.74) is 8.48. The fourth-order valence-electron chi connectivity index (χ4n) is 1.10. The molecule has 0 aromatic heterocycles. The predicted octanol–water partition coefficient (Wildman–Crippen LogP) is 1.89. The van der Waals surface area contributed by atoms with E-state index in [1.165, 1.54) is 0 Å². The second-order valence-corrected chi connectivity index (χ2v) is 2.97. The Balaban J connectivity index is 3.12. The lowest BCUT2D eigenvalue weighted by atomic mass is 10.0. The van der Waals surface area contributed by atoms with Crippen LogP contribution in [0.3, 0.4) is 0 Å². The van der Waals surface area contributed by atoms with Gasteiger partial charge in [-0.2, -0.15) is 5.26 Å². The SMILES string of the molecule is Cc1cc([C@@H](C)N)ccc1C#N. The molecule has 0 unspecified atom stereocenters. The molecule has 1 aromatic rings. The van der Waals surface area contributed by atoms with Crippen LogP contribution in [0.25, 0.3) is 0 Å². The van der Waals surface area contributed by atoms with Gasteiger partial charge < -0.3 is 5.73 Å². The van der Waals surface area contributed by atoms with E-state index in [-0.39, 0.29) is 6.04 Å². The van der Waals surface area contributed by atoms with E-state index in [2.05, 4.69) is 6.07 Å². The van der Waals surface area contributed by atoms with Gasteiger partial charge in [0.25, 0.3) is 0 Å². The number of nitriles is 1. The molecule has 1 aromatic carbocycles. The van der Waals surface area contributed by atoms with E-state index in [1.54, 1.807) is 0 Å². The Bertz CT molecular complexity index is 321. The molecule has 0 heterocycles. The van der Waals surface area contributed by atoms with Gasteiger partial charge in [-0.1, -0.05) is 12.1 Å². The minimum Gasteiger partial charge on any atom is -0.324 e. The second-order valence-electron chi connectivity index (χ2n) is 2.97. The third kappa shape index (κ3) is 1.63. The van der Waals surface area contributed by atoms with Gasteiger partial charge in [-0.25, -0.2) is 0 Å². The van der Waals surface area contributed by atoms with Gasteiger partial charge >= 0.3 is 0 Å². The van der Waals surface area contributed by atoms with Crippen molar-refractivity contribution in [1.82, 2.24) is 0 Å². The summed E-state index contributed by atoms with van der Waals surface area (Å²) in [4.78, 5) is 0. The molecular formula is C10H12N2. The topological polar surface area (TPSA) is 49.8 Å². The van der Waals surface area contributed by atoms with Crippen LogP contribution in [-0.4, -0.2) is 0 Å². The van der Waals surface area contributed by atoms with Gasteiger partial charge in [-0.05, 0) is 31.0 Å². The smallest absolute Gasteiger partial charge is 0.0994 e. The Morgan fingerprint density at radius 3 is 2.58 bits per heavy atom. The molecule has 0 bridgehead atoms. The highest BCUT2D eigenvalue weighted by atomic mass is 14.6. The number of benzene rings is 1. The van der Waals surface area contributed by atoms with Crippen molar-refractivity contribution in [2.75, 3.05) is 0 Å². The molecule has 0 spiro atoms. The van der Waals surface area contributed by atoms with Gasteiger partial charge in [0.2, 0.25) is 0 Å². The lowest BCUT2D eigenvalue weighted by molar-refractivity contribution is 0.816. The molecule has 62 valence electrons. The average molecular weight is 160 g/mol. The zero-order valence-electron chi connectivity index (χ0n) is 7.33. The number of nitrogens with zero attached hydrogens (tertiary/aromatic N) is 1. The van der Waals surface area contributed by atoms with Gasteiger partial charge in [-0.15, -0.1) is 0 Å². The molecular weight excluding hydrogens is 148 g/mol. The molecule has 2 nitrogen and oxygen atoms in total. The summed E-state index contributed by atoms with van der Waals surface area (Å²) in [6, 6.07) is 7.83. The lowest BCUT2D eigenvalue weighted by Crippen LogP contribution is -2.05. The monoisotopic (exact) mass is 160 g/mol. The summed E-state index contributed by atoms with van der Waals surface area (Å²) in [5.74, 6) is 0. The summed E-state index contributed by atoms with van der Waals surface area (Å²) >= 11 is 0. The Hall–Kier alpha value is -1.33. The van der Waals surface area contributed by atoms with Gasteiger partial charge in [0.05, 0.1) is 11.6 Å². The third-order valence-electron chi connectivity index (χ3n) is 1.90. The van der Waals surface area contributed by atoms with Crippen LogP contribution in [0.15, 0.2) is 18.2 Å². The molecule has 0 fully saturated rings. The van der Waals surface area contributed by atoms with Crippen LogP contribution >= 0.6 is 0 Å². The number of aryl methyl sites for hydroxylation is 1. The maximum Gasteiger partial charge on any atom is 0.0994 e. The zero-order chi connectivity index (χ0) is 9.14. The van der Waals surface area contributed by atoms with E-state index in [4.69, 9.17) is 11.0 Å². The highest BCUT2D eigenvalue weighted by Crippen LogP contribution is 2.14. The highest BCUT2D eigenvalue weighted by molar-refractivity contribution is 5.40. The molecule has 12 heavy (non-hydrogen) atoms. The molecule has 0 aliphatic rings. The van der Waals surface area contributed by atoms with Gasteiger partial charge in [-0.3, -0.25) is 0 Å². The average Bonchev–Trinajstić information content (AvgIpc) is 2.04. The standard InChI is InChI=1S/C10H12N2/c1-7-5-9(8(2)12)3-4-10(7)6-11/h3-5,8H,12H2,1-2H3/t8-/m1/s1. The van der Waals surface area contributed by atoms with Crippen molar-refractivity contribution in [3.05, 3.63) is 34.9 Å². The van der Waals surface area contributed by atoms with E-state index in [9.17, 15) is 0 Å². The molecule has 2 heteroatoms. The van der Waals surface area contributed by atoms with Gasteiger partial charge in [0.15, 0.2) is 0 Å². The normalized spacial score (nSPS) is 12.2. The quantitative estimate of drug-likeness (QED) is 0.682. The van der Waals surface area contributed by atoms with Crippen LogP contribution in [-0.2, 0) is 0 Å². The molecule has 2 N–H and O–H groups in total. The molecule has 0 saturated heterocycles. The first-order valence-electron chi connectivity index (χ1n) is 3.91. The Morgan fingerprint density at radius 1 is 1.50 bits per heavy atom. The number of rotatable bonds is 1. The minimum atomic E-state index is 0.0384. The summed E-state index contributed by atoms with van der Waals surface area (Å²) in [6.07, 6.45) is 0. The van der Waals surface area contributed by atoms with Crippen molar-refractivity contribution in [3.63, 3.8) is 0 Å². The van der Waals surface area contributed by atoms with Crippen molar-refractivity contribution >= 4 is 0 Å². The molecule has 0 aliphatic heterocycles. The van der Waals surface area contributed by atoms with E-state index in [0.29, 0.717) is 0 Å². The van der Waals surface area contributed by atoms with E-state index < -0.39 is 0 Å². The maximum absolute atomic E-state index is 8.67. The van der Waals surface area contributed by atoms with Crippen molar-refractivity contribution < 1.29 is 0 Å². The zero-order valence-corrected chi connectivity index (χ0v) is 7.33. The summed E-state index contributed by atoms with van der Waals surface area (Å²) in [7, 11) is 0. The second kappa shape index (κ2) is 3.38. The Morgan fingerprint density at radius 2 is 2.17 bits per heavy atom. The maximum atomic E-state index is 8.67. The van der Waals surface area contributed by atoms with Crippen LogP contribution in [0, 0.1) is 18.3 Å². The first-order chi connectivity index (χ1) is 5.65. The molecule has 0 amide bonds. The highest BCUT2D eigenvalue weighted by Gasteiger charge is 2.01. The lowest BCUT2D eigenvalue weighted by Gasteiger charge is -2.06. The molecule has 1 rings (SSSR count). The van der Waals surface area contributed by atoms with Gasteiger partial charge in [0, 0.05) is 6.04 Å². The van der Waals surface area contributed by atoms with Crippen LogP contribution in [0.5, 0.6) is 0 Å². The number of hydrogen-bond donors (Lipinski definition) is 1. The summed E-state index contributed by atoms with van der Waals surface area (Å²) in [5, 5.41) is 8.67. The fraction of sp³-hybridized carbons (Fsp3) is 0.300. The predicted molar refractivity (Wildman–Crippen MR) is 48.5 cm³/mol. The van der Waals surface area contributed by atoms with Crippen LogP contribution in [0.4, 0.5) is 0 Å². The van der Waals surface area contributed by atoms with E-state index >= 15 is 0 Å². The van der Waals surface area contributed by atoms with Crippen molar-refractivity contribution in [1.29, 1.82) is 5.26 Å². The van der Waals surface area contributed by atoms with E-state index in [1.807, 2.05) is 32.0 Å². The fourth-order valence-corrected chi connectivity index (χ4v) is 1.10.